The Morgan fingerprint density at radius 3 is 2.65 bits per heavy atom. The molecule has 0 saturated carbocycles. The highest BCUT2D eigenvalue weighted by atomic mass is 79.9. The molecule has 0 aliphatic carbocycles. The molecule has 20 heavy (non-hydrogen) atoms. The molecule has 0 radical (unpaired) electrons. The summed E-state index contributed by atoms with van der Waals surface area (Å²) in [5, 5.41) is -0.258. The molecule has 0 bridgehead atoms. The van der Waals surface area contributed by atoms with Crippen LogP contribution in [-0.2, 0) is 4.79 Å². The molecule has 7 heteroatoms. The van der Waals surface area contributed by atoms with E-state index in [1.807, 2.05) is 6.07 Å². The highest BCUT2D eigenvalue weighted by molar-refractivity contribution is 9.10. The molecule has 2 amide bonds. The second-order valence-electron chi connectivity index (χ2n) is 4.74. The Morgan fingerprint density at radius 1 is 1.35 bits per heavy atom. The van der Waals surface area contributed by atoms with Crippen molar-refractivity contribution < 1.29 is 14.0 Å². The van der Waals surface area contributed by atoms with Crippen LogP contribution in [0.3, 0.4) is 0 Å². The zero-order chi connectivity index (χ0) is 14.3. The van der Waals surface area contributed by atoms with Crippen LogP contribution < -0.4 is 4.90 Å². The number of rotatable bonds is 2. The van der Waals surface area contributed by atoms with E-state index in [0.717, 1.165) is 52.9 Å². The number of imide groups is 1. The maximum absolute atomic E-state index is 11.8. The zero-order valence-electron chi connectivity index (χ0n) is 10.9. The molecule has 0 unspecified atom stereocenters. The van der Waals surface area contributed by atoms with E-state index in [4.69, 9.17) is 4.42 Å². The average molecular weight is 357 g/mol. The molecule has 1 aromatic rings. The van der Waals surface area contributed by atoms with Crippen LogP contribution in [0.5, 0.6) is 0 Å². The maximum Gasteiger partial charge on any atom is 0.293 e. The van der Waals surface area contributed by atoms with Gasteiger partial charge >= 0.3 is 0 Å². The number of thioether (sulfide) groups is 1. The summed E-state index contributed by atoms with van der Waals surface area (Å²) < 4.78 is 6.66. The lowest BCUT2D eigenvalue weighted by molar-refractivity contribution is -0.121. The number of carbonyl (C=O) groups excluding carboxylic acids is 2. The topological polar surface area (TPSA) is 53.8 Å². The maximum atomic E-state index is 11.8. The number of hydrogen-bond acceptors (Lipinski definition) is 5. The van der Waals surface area contributed by atoms with Crippen molar-refractivity contribution in [2.45, 2.75) is 12.8 Å². The van der Waals surface area contributed by atoms with Gasteiger partial charge in [-0.25, -0.2) is 0 Å². The Bertz CT molecular complexity index is 605. The first-order valence-corrected chi connectivity index (χ1v) is 7.93. The van der Waals surface area contributed by atoms with Crippen LogP contribution in [0.1, 0.15) is 18.6 Å². The van der Waals surface area contributed by atoms with Gasteiger partial charge in [-0.1, -0.05) is 0 Å². The van der Waals surface area contributed by atoms with E-state index in [1.54, 1.807) is 6.08 Å². The monoisotopic (exact) mass is 356 g/mol. The van der Waals surface area contributed by atoms with Crippen LogP contribution in [0.25, 0.3) is 6.08 Å². The van der Waals surface area contributed by atoms with Crippen molar-refractivity contribution in [2.75, 3.05) is 25.0 Å². The lowest BCUT2D eigenvalue weighted by Crippen LogP contribution is -2.22. The molecule has 3 heterocycles. The summed E-state index contributed by atoms with van der Waals surface area (Å²) in [6.45, 7) is 1.97. The molecule has 106 valence electrons. The fourth-order valence-electron chi connectivity index (χ4n) is 2.26. The largest absolute Gasteiger partial charge is 0.440 e. The SMILES string of the molecule is CN1C(=O)S/C(=C/c2cc(Br)c(N3CCCC3)o2)C1=O. The van der Waals surface area contributed by atoms with Crippen molar-refractivity contribution >= 4 is 50.8 Å². The number of carbonyl (C=O) groups is 2. The number of likely N-dealkylation sites (N-methyl/N-ethyl adjacent to an activating group) is 1. The summed E-state index contributed by atoms with van der Waals surface area (Å²) in [7, 11) is 1.48. The van der Waals surface area contributed by atoms with Crippen molar-refractivity contribution in [2.24, 2.45) is 0 Å². The number of anilines is 1. The molecule has 0 spiro atoms. The Labute approximate surface area is 129 Å². The first kappa shape index (κ1) is 13.8. The number of hydrogen-bond donors (Lipinski definition) is 0. The van der Waals surface area contributed by atoms with Gasteiger partial charge in [0.1, 0.15) is 5.76 Å². The Kier molecular flexibility index (Phi) is 3.64. The Balaban J connectivity index is 1.87. The third-order valence-electron chi connectivity index (χ3n) is 3.34. The normalized spacial score (nSPS) is 21.6. The summed E-state index contributed by atoms with van der Waals surface area (Å²) >= 11 is 4.42. The van der Waals surface area contributed by atoms with Crippen LogP contribution in [0, 0.1) is 0 Å². The van der Waals surface area contributed by atoms with Gasteiger partial charge in [0.15, 0.2) is 0 Å². The molecule has 5 nitrogen and oxygen atoms in total. The van der Waals surface area contributed by atoms with Gasteiger partial charge in [-0.2, -0.15) is 0 Å². The molecule has 2 fully saturated rings. The Morgan fingerprint density at radius 2 is 2.05 bits per heavy atom. The summed E-state index contributed by atoms with van der Waals surface area (Å²) in [6.07, 6.45) is 3.95. The third kappa shape index (κ3) is 2.40. The van der Waals surface area contributed by atoms with Crippen LogP contribution in [0.4, 0.5) is 10.7 Å². The lowest BCUT2D eigenvalue weighted by atomic mass is 10.3. The quantitative estimate of drug-likeness (QED) is 0.760. The average Bonchev–Trinajstić information content (AvgIpc) is 3.09. The summed E-state index contributed by atoms with van der Waals surface area (Å²) in [4.78, 5) is 26.9. The van der Waals surface area contributed by atoms with Gasteiger partial charge in [0, 0.05) is 32.3 Å². The molecule has 3 rings (SSSR count). The van der Waals surface area contributed by atoms with E-state index in [2.05, 4.69) is 20.8 Å². The molecule has 2 saturated heterocycles. The van der Waals surface area contributed by atoms with E-state index in [-0.39, 0.29) is 11.1 Å². The molecule has 0 aromatic carbocycles. The molecular weight excluding hydrogens is 344 g/mol. The first-order chi connectivity index (χ1) is 9.56. The van der Waals surface area contributed by atoms with Gasteiger partial charge in [0.25, 0.3) is 11.1 Å². The molecule has 0 atom stereocenters. The highest BCUT2D eigenvalue weighted by Crippen LogP contribution is 2.36. The van der Waals surface area contributed by atoms with Gasteiger partial charge in [-0.3, -0.25) is 14.5 Å². The van der Waals surface area contributed by atoms with E-state index < -0.39 is 0 Å². The Hall–Kier alpha value is -1.21. The van der Waals surface area contributed by atoms with Crippen LogP contribution in [0.2, 0.25) is 0 Å². The second kappa shape index (κ2) is 5.29. The molecule has 2 aliphatic rings. The van der Waals surface area contributed by atoms with Gasteiger partial charge in [-0.15, -0.1) is 0 Å². The van der Waals surface area contributed by atoms with Crippen molar-refractivity contribution in [3.8, 4) is 0 Å². The number of amides is 2. The van der Waals surface area contributed by atoms with Gasteiger partial charge in [0.05, 0.1) is 9.38 Å². The third-order valence-corrected chi connectivity index (χ3v) is 4.87. The van der Waals surface area contributed by atoms with Crippen molar-refractivity contribution in [3.05, 3.63) is 21.2 Å². The predicted octanol–water partition coefficient (Wildman–Crippen LogP) is 3.31. The van der Waals surface area contributed by atoms with Gasteiger partial charge in [0.2, 0.25) is 5.88 Å². The fourth-order valence-corrected chi connectivity index (χ4v) is 3.62. The minimum atomic E-state index is -0.282. The fraction of sp³-hybridized carbons (Fsp3) is 0.385. The van der Waals surface area contributed by atoms with Crippen molar-refractivity contribution in [3.63, 3.8) is 0 Å². The van der Waals surface area contributed by atoms with E-state index in [9.17, 15) is 9.59 Å². The van der Waals surface area contributed by atoms with E-state index in [1.165, 1.54) is 7.05 Å². The number of nitrogens with zero attached hydrogens (tertiary/aromatic N) is 2. The molecule has 0 N–H and O–H groups in total. The van der Waals surface area contributed by atoms with E-state index >= 15 is 0 Å². The van der Waals surface area contributed by atoms with Crippen LogP contribution in [0.15, 0.2) is 19.9 Å². The predicted molar refractivity (Wildman–Crippen MR) is 81.6 cm³/mol. The standard InChI is InChI=1S/C13H13BrN2O3S/c1-15-11(17)10(20-13(15)18)7-8-6-9(14)12(19-8)16-4-2-3-5-16/h6-7H,2-5H2,1H3/b10-7+. The van der Waals surface area contributed by atoms with Gasteiger partial charge < -0.3 is 9.32 Å². The highest BCUT2D eigenvalue weighted by Gasteiger charge is 2.32. The zero-order valence-corrected chi connectivity index (χ0v) is 13.3. The number of halogens is 1. The summed E-state index contributed by atoms with van der Waals surface area (Å²) in [6, 6.07) is 1.83. The number of furan rings is 1. The second-order valence-corrected chi connectivity index (χ2v) is 6.58. The van der Waals surface area contributed by atoms with Crippen molar-refractivity contribution in [1.29, 1.82) is 0 Å². The minimum absolute atomic E-state index is 0.258. The molecule has 2 aliphatic heterocycles. The first-order valence-electron chi connectivity index (χ1n) is 6.32. The van der Waals surface area contributed by atoms with Gasteiger partial charge in [-0.05, 0) is 40.5 Å². The van der Waals surface area contributed by atoms with Crippen LogP contribution >= 0.6 is 27.7 Å². The molecular formula is C13H13BrN2O3S. The van der Waals surface area contributed by atoms with Crippen LogP contribution in [-0.4, -0.2) is 36.2 Å². The van der Waals surface area contributed by atoms with E-state index in [0.29, 0.717) is 10.7 Å². The van der Waals surface area contributed by atoms with Crippen molar-refractivity contribution in [1.82, 2.24) is 4.90 Å². The lowest BCUT2D eigenvalue weighted by Gasteiger charge is -2.13. The smallest absolute Gasteiger partial charge is 0.293 e. The molecule has 1 aromatic heterocycles. The summed E-state index contributed by atoms with van der Waals surface area (Å²) in [5.41, 5.74) is 0. The minimum Gasteiger partial charge on any atom is -0.440 e. The summed E-state index contributed by atoms with van der Waals surface area (Å²) in [5.74, 6) is 1.09.